The zero-order valence-electron chi connectivity index (χ0n) is 4.37. The van der Waals surface area contributed by atoms with Crippen molar-refractivity contribution in [1.82, 2.24) is 0 Å². The molecule has 1 rings (SSSR count). The Hall–Kier alpha value is 1.36. The molecule has 1 aromatic rings. The summed E-state index contributed by atoms with van der Waals surface area (Å²) in [6.07, 6.45) is 0. The van der Waals surface area contributed by atoms with E-state index in [9.17, 15) is 0 Å². The molecule has 5 heteroatoms. The number of hydrogen-bond donors (Lipinski definition) is 0. The molecule has 1 heterocycles. The van der Waals surface area contributed by atoms with Crippen LogP contribution in [0.2, 0.25) is 0 Å². The van der Waals surface area contributed by atoms with Gasteiger partial charge in [0.2, 0.25) is 0 Å². The molecule has 1 aromatic heterocycles. The fraction of sp³-hybridized carbons (Fsp3) is 0. The maximum absolute atomic E-state index is 4.97. The Labute approximate surface area is 74.0 Å². The fourth-order valence-electron chi connectivity index (χ4n) is 0.241. The summed E-state index contributed by atoms with van der Waals surface area (Å²) in [7, 11) is 15.7. The maximum Gasteiger partial charge on any atom is -0.163 e. The number of hydrogen-bond acceptors (Lipinski definition) is 0. The summed E-state index contributed by atoms with van der Waals surface area (Å²) in [5.74, 6) is 5.11. The topological polar surface area (TPSA) is 0 Å². The first-order chi connectivity index (χ1) is 4.23. The van der Waals surface area contributed by atoms with Crippen molar-refractivity contribution >= 4 is 36.1 Å². The van der Waals surface area contributed by atoms with Gasteiger partial charge in [0, 0.05) is 0 Å². The van der Waals surface area contributed by atoms with Crippen LogP contribution in [0.1, 0.15) is 0 Å². The minimum absolute atomic E-state index is 0.823. The van der Waals surface area contributed by atoms with Gasteiger partial charge in [-0.2, -0.15) is 17.7 Å². The second kappa shape index (κ2) is 7.47. The number of halogens is 3. The summed E-state index contributed by atoms with van der Waals surface area (Å²) in [6.45, 7) is 0. The molecule has 9 heavy (non-hydrogen) atoms. The standard InChI is InChI=1S/C4H4P.3ClH.Ti/c1-2-4-5-3-1;;;;/h1-3,5H;3*1H;/q-1;;;;+4/p-3. The van der Waals surface area contributed by atoms with Crippen LogP contribution >= 0.6 is 36.1 Å². The molecule has 50 valence electrons. The van der Waals surface area contributed by atoms with E-state index < -0.39 is 14.7 Å². The van der Waals surface area contributed by atoms with Crippen molar-refractivity contribution in [2.24, 2.45) is 0 Å². The van der Waals surface area contributed by atoms with Crippen molar-refractivity contribution < 1.29 is 14.7 Å². The molecule has 0 bridgehead atoms. The monoisotopic (exact) mass is 236 g/mol. The Morgan fingerprint density at radius 3 is 2.00 bits per heavy atom. The Morgan fingerprint density at radius 1 is 1.33 bits per heavy atom. The van der Waals surface area contributed by atoms with Crippen LogP contribution in [0.15, 0.2) is 17.9 Å². The molecule has 0 spiro atoms. The van der Waals surface area contributed by atoms with Gasteiger partial charge < -0.3 is 0 Å². The van der Waals surface area contributed by atoms with Gasteiger partial charge in [-0.15, -0.1) is 0 Å². The van der Waals surface area contributed by atoms with Gasteiger partial charge in [-0.05, 0) is 0 Å². The molecule has 0 saturated heterocycles. The first-order valence-electron chi connectivity index (χ1n) is 2.06. The van der Waals surface area contributed by atoms with Crippen molar-refractivity contribution in [2.75, 3.05) is 0 Å². The summed E-state index contributed by atoms with van der Waals surface area (Å²) in [5, 5.41) is 0. The van der Waals surface area contributed by atoms with Crippen LogP contribution < -0.4 is 0 Å². The van der Waals surface area contributed by atoms with E-state index >= 15 is 0 Å². The van der Waals surface area contributed by atoms with Crippen molar-refractivity contribution in [1.29, 1.82) is 0 Å². The molecular weight excluding hydrogens is 233 g/mol. The first-order valence-corrected chi connectivity index (χ1v) is 9.58. The van der Waals surface area contributed by atoms with Gasteiger partial charge >= 0.3 is 42.6 Å². The second-order valence-electron chi connectivity index (χ2n) is 1.03. The Balaban J connectivity index is 0.000000148. The zero-order chi connectivity index (χ0) is 7.11. The quantitative estimate of drug-likeness (QED) is 0.478. The molecule has 0 N–H and O–H groups in total. The fourth-order valence-corrected chi connectivity index (χ4v) is 0.722. The largest absolute Gasteiger partial charge is 0.271 e. The van der Waals surface area contributed by atoms with Crippen LogP contribution in [0.25, 0.3) is 0 Å². The average molecular weight is 237 g/mol. The third kappa shape index (κ3) is 12.5. The Morgan fingerprint density at radius 2 is 1.89 bits per heavy atom. The summed E-state index contributed by atoms with van der Waals surface area (Å²) in [6, 6.07) is 3.96. The molecule has 0 amide bonds. The van der Waals surface area contributed by atoms with Crippen molar-refractivity contribution in [2.45, 2.75) is 0 Å². The normalized spacial score (nSPS) is 8.33. The van der Waals surface area contributed by atoms with Crippen molar-refractivity contribution in [3.05, 3.63) is 23.7 Å². The first kappa shape index (κ1) is 10.4. The number of rotatable bonds is 0. The van der Waals surface area contributed by atoms with Crippen LogP contribution in [0.5, 0.6) is 0 Å². The van der Waals surface area contributed by atoms with Gasteiger partial charge in [0.1, 0.15) is 0 Å². The molecule has 0 aromatic carbocycles. The summed E-state index contributed by atoms with van der Waals surface area (Å²) in [5.41, 5.74) is 0. The molecule has 0 fully saturated rings. The average Bonchev–Trinajstić information content (AvgIpc) is 2.11. The van der Waals surface area contributed by atoms with E-state index in [1.165, 1.54) is 0 Å². The molecule has 1 unspecified atom stereocenters. The molecule has 0 nitrogen and oxygen atoms in total. The second-order valence-corrected chi connectivity index (χ2v) is 9.68. The minimum Gasteiger partial charge on any atom is -0.271 e. The van der Waals surface area contributed by atoms with E-state index in [2.05, 4.69) is 11.6 Å². The van der Waals surface area contributed by atoms with Crippen molar-refractivity contribution in [3.63, 3.8) is 0 Å². The van der Waals surface area contributed by atoms with E-state index in [-0.39, 0.29) is 0 Å². The van der Waals surface area contributed by atoms with Crippen LogP contribution in [-0.2, 0) is 14.7 Å². The van der Waals surface area contributed by atoms with Crippen LogP contribution in [0.3, 0.4) is 0 Å². The van der Waals surface area contributed by atoms with Gasteiger partial charge in [0.15, 0.2) is 0 Å². The Kier molecular flexibility index (Phi) is 8.60. The molecule has 0 aliphatic carbocycles. The Bertz CT molecular complexity index is 99.4. The summed E-state index contributed by atoms with van der Waals surface area (Å²) < 4.78 is 0. The van der Waals surface area contributed by atoms with Crippen LogP contribution in [0, 0.1) is 5.80 Å². The summed E-state index contributed by atoms with van der Waals surface area (Å²) >= 11 is -1.92. The smallest absolute Gasteiger partial charge is 0.163 e. The van der Waals surface area contributed by atoms with Crippen LogP contribution in [0.4, 0.5) is 0 Å². The third-order valence-electron chi connectivity index (χ3n) is 0.442. The minimum atomic E-state index is -1.92. The maximum atomic E-state index is 4.97. The van der Waals surface area contributed by atoms with E-state index in [0.29, 0.717) is 0 Å². The van der Waals surface area contributed by atoms with E-state index in [1.54, 1.807) is 0 Å². The molecule has 0 saturated carbocycles. The summed E-state index contributed by atoms with van der Waals surface area (Å²) in [4.78, 5) is 0. The molecule has 1 atom stereocenters. The van der Waals surface area contributed by atoms with Gasteiger partial charge in [0.25, 0.3) is 0 Å². The molecule has 0 aliphatic rings. The molecule has 0 aliphatic heterocycles. The van der Waals surface area contributed by atoms with Gasteiger partial charge in [-0.25, -0.2) is 6.07 Å². The van der Waals surface area contributed by atoms with E-state index in [4.69, 9.17) is 27.9 Å². The van der Waals surface area contributed by atoms with Gasteiger partial charge in [-0.3, -0.25) is 8.19 Å². The predicted molar refractivity (Wildman–Crippen MR) is 42.3 cm³/mol. The molecule has 0 radical (unpaired) electrons. The van der Waals surface area contributed by atoms with E-state index in [1.807, 2.05) is 12.1 Å². The third-order valence-corrected chi connectivity index (χ3v) is 1.13. The molecular formula is C4H4Cl3PTi. The van der Waals surface area contributed by atoms with Gasteiger partial charge in [-0.1, -0.05) is 0 Å². The predicted octanol–water partition coefficient (Wildman–Crippen LogP) is 3.58. The zero-order valence-corrected chi connectivity index (χ0v) is 9.20. The van der Waals surface area contributed by atoms with Gasteiger partial charge in [0.05, 0.1) is 0 Å². The van der Waals surface area contributed by atoms with Crippen LogP contribution in [-0.4, -0.2) is 0 Å². The SMILES string of the molecule is [Cl][Ti+]([Cl])[Cl].[c-]1ccc[pH]1. The van der Waals surface area contributed by atoms with E-state index in [0.717, 1.165) is 8.19 Å². The van der Waals surface area contributed by atoms with Crippen molar-refractivity contribution in [3.8, 4) is 0 Å².